The van der Waals surface area contributed by atoms with Crippen molar-refractivity contribution in [3.05, 3.63) is 35.4 Å². The summed E-state index contributed by atoms with van der Waals surface area (Å²) in [6.07, 6.45) is 0.959. The summed E-state index contributed by atoms with van der Waals surface area (Å²) in [6, 6.07) is 7.60. The molecule has 0 amide bonds. The summed E-state index contributed by atoms with van der Waals surface area (Å²) < 4.78 is 44.3. The van der Waals surface area contributed by atoms with Crippen molar-refractivity contribution in [1.29, 1.82) is 0 Å². The van der Waals surface area contributed by atoms with Crippen molar-refractivity contribution in [2.75, 3.05) is 56.9 Å². The molecule has 0 heterocycles. The molecule has 2 unspecified atom stereocenters. The third-order valence-corrected chi connectivity index (χ3v) is 5.38. The molecule has 0 fully saturated rings. The minimum absolute atomic E-state index is 0.205. The lowest BCUT2D eigenvalue weighted by molar-refractivity contribution is 0.0526. The SMILES string of the molecule is COc1cc(C(CCC(OC)c2cc(OC)c(OC)c(OC)c2)OC)cc(OC)c1OC. The Balaban J connectivity index is 2.30. The Kier molecular flexibility index (Phi) is 9.74. The fraction of sp³-hybridized carbons (Fsp3) is 0.500. The molecule has 0 N–H and O–H groups in total. The number of rotatable bonds is 13. The zero-order valence-corrected chi connectivity index (χ0v) is 20.1. The first kappa shape index (κ1) is 25.4. The Morgan fingerprint density at radius 3 is 0.938 bits per heavy atom. The molecule has 0 saturated carbocycles. The van der Waals surface area contributed by atoms with Crippen LogP contribution in [0.15, 0.2) is 24.3 Å². The number of ether oxygens (including phenoxy) is 8. The largest absolute Gasteiger partial charge is 0.493 e. The fourth-order valence-corrected chi connectivity index (χ4v) is 3.72. The van der Waals surface area contributed by atoms with Gasteiger partial charge in [-0.1, -0.05) is 0 Å². The molecule has 2 aromatic carbocycles. The maximum atomic E-state index is 5.79. The molecule has 0 bridgehead atoms. The van der Waals surface area contributed by atoms with Crippen molar-refractivity contribution in [2.24, 2.45) is 0 Å². The van der Waals surface area contributed by atoms with Crippen LogP contribution in [0.2, 0.25) is 0 Å². The number of benzene rings is 2. The van der Waals surface area contributed by atoms with Gasteiger partial charge in [-0.2, -0.15) is 0 Å². The predicted molar refractivity (Wildman–Crippen MR) is 121 cm³/mol. The van der Waals surface area contributed by atoms with Gasteiger partial charge in [-0.15, -0.1) is 0 Å². The predicted octanol–water partition coefficient (Wildman–Crippen LogP) is 4.59. The third-order valence-electron chi connectivity index (χ3n) is 5.38. The first-order chi connectivity index (χ1) is 15.5. The van der Waals surface area contributed by atoms with Crippen LogP contribution in [-0.4, -0.2) is 56.9 Å². The van der Waals surface area contributed by atoms with Gasteiger partial charge in [0.05, 0.1) is 54.9 Å². The maximum Gasteiger partial charge on any atom is 0.203 e. The topological polar surface area (TPSA) is 73.8 Å². The number of hydrogen-bond acceptors (Lipinski definition) is 8. The lowest BCUT2D eigenvalue weighted by Crippen LogP contribution is -2.09. The van der Waals surface area contributed by atoms with Crippen molar-refractivity contribution in [3.63, 3.8) is 0 Å². The fourth-order valence-electron chi connectivity index (χ4n) is 3.72. The molecule has 0 aliphatic rings. The standard InChI is InChI=1S/C24H34O8/c1-25-17(15-11-19(27-3)23(31-7)20(12-15)28-4)9-10-18(26-2)16-13-21(29-5)24(32-8)22(14-16)30-6/h11-14,17-18H,9-10H2,1-8H3. The van der Waals surface area contributed by atoms with Crippen LogP contribution < -0.4 is 28.4 Å². The Labute approximate surface area is 190 Å². The van der Waals surface area contributed by atoms with E-state index in [0.717, 1.165) is 11.1 Å². The van der Waals surface area contributed by atoms with E-state index in [4.69, 9.17) is 37.9 Å². The van der Waals surface area contributed by atoms with Crippen LogP contribution in [0.3, 0.4) is 0 Å². The first-order valence-electron chi connectivity index (χ1n) is 10.2. The van der Waals surface area contributed by atoms with E-state index >= 15 is 0 Å². The van der Waals surface area contributed by atoms with Crippen molar-refractivity contribution >= 4 is 0 Å². The van der Waals surface area contributed by atoms with Crippen LogP contribution in [0, 0.1) is 0 Å². The van der Waals surface area contributed by atoms with Gasteiger partial charge < -0.3 is 37.9 Å². The van der Waals surface area contributed by atoms with E-state index in [9.17, 15) is 0 Å². The van der Waals surface area contributed by atoms with E-state index in [-0.39, 0.29) is 12.2 Å². The summed E-state index contributed by atoms with van der Waals surface area (Å²) in [7, 11) is 12.9. The van der Waals surface area contributed by atoms with Gasteiger partial charge >= 0.3 is 0 Å². The van der Waals surface area contributed by atoms with Gasteiger partial charge in [-0.05, 0) is 48.2 Å². The smallest absolute Gasteiger partial charge is 0.203 e. The van der Waals surface area contributed by atoms with Crippen molar-refractivity contribution in [1.82, 2.24) is 0 Å². The maximum absolute atomic E-state index is 5.79. The molecule has 8 nitrogen and oxygen atoms in total. The number of hydrogen-bond donors (Lipinski definition) is 0. The molecule has 178 valence electrons. The van der Waals surface area contributed by atoms with Gasteiger partial charge in [-0.25, -0.2) is 0 Å². The van der Waals surface area contributed by atoms with E-state index in [2.05, 4.69) is 0 Å². The molecule has 2 atom stereocenters. The Bertz CT molecular complexity index is 746. The van der Waals surface area contributed by atoms with E-state index in [0.29, 0.717) is 47.3 Å². The molecule has 0 aliphatic carbocycles. The van der Waals surface area contributed by atoms with Gasteiger partial charge in [0.1, 0.15) is 0 Å². The minimum Gasteiger partial charge on any atom is -0.493 e. The molecule has 0 radical (unpaired) electrons. The van der Waals surface area contributed by atoms with Gasteiger partial charge in [0, 0.05) is 14.2 Å². The number of methoxy groups -OCH3 is 8. The van der Waals surface area contributed by atoms with Crippen molar-refractivity contribution in [3.8, 4) is 34.5 Å². The van der Waals surface area contributed by atoms with Crippen LogP contribution in [0.5, 0.6) is 34.5 Å². The van der Waals surface area contributed by atoms with Gasteiger partial charge in [0.15, 0.2) is 23.0 Å². The Morgan fingerprint density at radius 1 is 0.469 bits per heavy atom. The summed E-state index contributed by atoms with van der Waals surface area (Å²) in [4.78, 5) is 0. The molecule has 2 rings (SSSR count). The van der Waals surface area contributed by atoms with Gasteiger partial charge in [-0.3, -0.25) is 0 Å². The summed E-state index contributed by atoms with van der Waals surface area (Å²) in [5.74, 6) is 3.41. The third kappa shape index (κ3) is 5.49. The molecule has 2 aromatic rings. The molecule has 0 aliphatic heterocycles. The summed E-state index contributed by atoms with van der Waals surface area (Å²) in [5.41, 5.74) is 1.84. The van der Waals surface area contributed by atoms with Crippen molar-refractivity contribution < 1.29 is 37.9 Å². The van der Waals surface area contributed by atoms with Gasteiger partial charge in [0.25, 0.3) is 0 Å². The summed E-state index contributed by atoms with van der Waals surface area (Å²) in [5, 5.41) is 0. The van der Waals surface area contributed by atoms with Crippen LogP contribution in [-0.2, 0) is 9.47 Å². The lowest BCUT2D eigenvalue weighted by atomic mass is 9.97. The highest BCUT2D eigenvalue weighted by Crippen LogP contribution is 2.43. The van der Waals surface area contributed by atoms with Gasteiger partial charge in [0.2, 0.25) is 11.5 Å². The second-order valence-corrected chi connectivity index (χ2v) is 6.94. The van der Waals surface area contributed by atoms with Crippen LogP contribution >= 0.6 is 0 Å². The normalized spacial score (nSPS) is 12.6. The highest BCUT2D eigenvalue weighted by atomic mass is 16.5. The highest BCUT2D eigenvalue weighted by Gasteiger charge is 2.23. The van der Waals surface area contributed by atoms with E-state index in [1.54, 1.807) is 56.9 Å². The molecule has 0 aromatic heterocycles. The monoisotopic (exact) mass is 450 g/mol. The lowest BCUT2D eigenvalue weighted by Gasteiger charge is -2.23. The van der Waals surface area contributed by atoms with Crippen molar-refractivity contribution in [2.45, 2.75) is 25.0 Å². The second-order valence-electron chi connectivity index (χ2n) is 6.94. The molecule has 8 heteroatoms. The zero-order chi connectivity index (χ0) is 23.7. The van der Waals surface area contributed by atoms with Crippen LogP contribution in [0.1, 0.15) is 36.2 Å². The average Bonchev–Trinajstić information content (AvgIpc) is 2.84. The van der Waals surface area contributed by atoms with E-state index < -0.39 is 0 Å². The molecule has 0 saturated heterocycles. The zero-order valence-electron chi connectivity index (χ0n) is 20.1. The van der Waals surface area contributed by atoms with Crippen LogP contribution in [0.4, 0.5) is 0 Å². The Hall–Kier alpha value is -2.84. The minimum atomic E-state index is -0.205. The summed E-state index contributed by atoms with van der Waals surface area (Å²) in [6.45, 7) is 0. The van der Waals surface area contributed by atoms with E-state index in [1.807, 2.05) is 24.3 Å². The summed E-state index contributed by atoms with van der Waals surface area (Å²) >= 11 is 0. The molecular formula is C24H34O8. The molecule has 32 heavy (non-hydrogen) atoms. The molecular weight excluding hydrogens is 416 g/mol. The quantitative estimate of drug-likeness (QED) is 0.439. The first-order valence-corrected chi connectivity index (χ1v) is 10.2. The van der Waals surface area contributed by atoms with E-state index in [1.165, 1.54) is 0 Å². The second kappa shape index (κ2) is 12.3. The molecule has 0 spiro atoms. The van der Waals surface area contributed by atoms with Crippen LogP contribution in [0.25, 0.3) is 0 Å². The Morgan fingerprint density at radius 2 is 0.750 bits per heavy atom. The highest BCUT2D eigenvalue weighted by molar-refractivity contribution is 5.55. The average molecular weight is 451 g/mol.